The van der Waals surface area contributed by atoms with Gasteiger partial charge in [-0.2, -0.15) is 0 Å². The van der Waals surface area contributed by atoms with Crippen molar-refractivity contribution in [2.45, 2.75) is 33.0 Å². The SMILES string of the molecule is CC(C)OCCN(C)c1ccc([C@H](C)O)cc1Cl. The van der Waals surface area contributed by atoms with Crippen molar-refractivity contribution in [3.8, 4) is 0 Å². The highest BCUT2D eigenvalue weighted by Gasteiger charge is 2.09. The van der Waals surface area contributed by atoms with Gasteiger partial charge in [0.05, 0.1) is 29.5 Å². The first kappa shape index (κ1) is 15.3. The molecule has 0 aromatic heterocycles. The Morgan fingerprint density at radius 2 is 2.00 bits per heavy atom. The van der Waals surface area contributed by atoms with E-state index >= 15 is 0 Å². The maximum absolute atomic E-state index is 9.49. The molecule has 0 bridgehead atoms. The number of rotatable bonds is 6. The third-order valence-corrected chi connectivity index (χ3v) is 3.05. The molecule has 0 fully saturated rings. The van der Waals surface area contributed by atoms with E-state index in [1.54, 1.807) is 13.0 Å². The summed E-state index contributed by atoms with van der Waals surface area (Å²) in [5.74, 6) is 0. The first-order valence-corrected chi connectivity index (χ1v) is 6.60. The van der Waals surface area contributed by atoms with Crippen molar-refractivity contribution in [1.82, 2.24) is 0 Å². The van der Waals surface area contributed by atoms with E-state index in [1.165, 1.54) is 0 Å². The van der Waals surface area contributed by atoms with Crippen LogP contribution in [0.5, 0.6) is 0 Å². The zero-order valence-electron chi connectivity index (χ0n) is 11.5. The molecule has 18 heavy (non-hydrogen) atoms. The van der Waals surface area contributed by atoms with Gasteiger partial charge in [-0.25, -0.2) is 0 Å². The predicted molar refractivity (Wildman–Crippen MR) is 76.4 cm³/mol. The summed E-state index contributed by atoms with van der Waals surface area (Å²) in [6.45, 7) is 7.22. The Balaban J connectivity index is 2.65. The molecule has 0 saturated carbocycles. The Morgan fingerprint density at radius 3 is 2.50 bits per heavy atom. The average molecular weight is 272 g/mol. The molecule has 1 rings (SSSR count). The van der Waals surface area contributed by atoms with Crippen LogP contribution in [0.3, 0.4) is 0 Å². The summed E-state index contributed by atoms with van der Waals surface area (Å²) in [7, 11) is 1.98. The van der Waals surface area contributed by atoms with E-state index in [-0.39, 0.29) is 6.10 Å². The zero-order chi connectivity index (χ0) is 13.7. The molecule has 1 atom stereocenters. The van der Waals surface area contributed by atoms with Crippen LogP contribution in [0.25, 0.3) is 0 Å². The van der Waals surface area contributed by atoms with Gasteiger partial charge in [-0.1, -0.05) is 17.7 Å². The molecule has 0 aliphatic heterocycles. The fraction of sp³-hybridized carbons (Fsp3) is 0.571. The molecule has 0 aliphatic carbocycles. The Bertz CT molecular complexity index is 380. The van der Waals surface area contributed by atoms with Crippen molar-refractivity contribution in [2.75, 3.05) is 25.1 Å². The van der Waals surface area contributed by atoms with Crippen molar-refractivity contribution in [3.63, 3.8) is 0 Å². The molecule has 0 spiro atoms. The third kappa shape index (κ3) is 4.48. The summed E-state index contributed by atoms with van der Waals surface area (Å²) < 4.78 is 5.51. The van der Waals surface area contributed by atoms with E-state index < -0.39 is 6.10 Å². The second kappa shape index (κ2) is 6.98. The van der Waals surface area contributed by atoms with Crippen LogP contribution in [-0.2, 0) is 4.74 Å². The monoisotopic (exact) mass is 271 g/mol. The van der Waals surface area contributed by atoms with Crippen molar-refractivity contribution in [3.05, 3.63) is 28.8 Å². The number of likely N-dealkylation sites (N-methyl/N-ethyl adjacent to an activating group) is 1. The number of ether oxygens (including phenoxy) is 1. The Morgan fingerprint density at radius 1 is 1.33 bits per heavy atom. The van der Waals surface area contributed by atoms with Crippen LogP contribution in [-0.4, -0.2) is 31.4 Å². The van der Waals surface area contributed by atoms with Gasteiger partial charge in [-0.15, -0.1) is 0 Å². The second-order valence-electron chi connectivity index (χ2n) is 4.73. The van der Waals surface area contributed by atoms with Crippen LogP contribution in [0, 0.1) is 0 Å². The standard InChI is InChI=1S/C14H22ClNO2/c1-10(2)18-8-7-16(4)14-6-5-12(11(3)17)9-13(14)15/h5-6,9-11,17H,7-8H2,1-4H3/t11-/m0/s1. The van der Waals surface area contributed by atoms with Crippen LogP contribution in [0.15, 0.2) is 18.2 Å². The number of anilines is 1. The van der Waals surface area contributed by atoms with Gasteiger partial charge in [-0.05, 0) is 38.5 Å². The number of nitrogens with zero attached hydrogens (tertiary/aromatic N) is 1. The van der Waals surface area contributed by atoms with Crippen LogP contribution in [0.2, 0.25) is 5.02 Å². The second-order valence-corrected chi connectivity index (χ2v) is 5.14. The Labute approximate surface area is 114 Å². The third-order valence-electron chi connectivity index (χ3n) is 2.74. The molecule has 1 N–H and O–H groups in total. The first-order chi connectivity index (χ1) is 8.41. The molecule has 0 aliphatic rings. The lowest BCUT2D eigenvalue weighted by molar-refractivity contribution is 0.0846. The van der Waals surface area contributed by atoms with Crippen molar-refractivity contribution in [2.24, 2.45) is 0 Å². The lowest BCUT2D eigenvalue weighted by Gasteiger charge is -2.22. The van der Waals surface area contributed by atoms with Crippen molar-refractivity contribution in [1.29, 1.82) is 0 Å². The Hall–Kier alpha value is -0.770. The molecular weight excluding hydrogens is 250 g/mol. The van der Waals surface area contributed by atoms with Gasteiger partial charge in [0.15, 0.2) is 0 Å². The van der Waals surface area contributed by atoms with Gasteiger partial charge >= 0.3 is 0 Å². The van der Waals surface area contributed by atoms with Crippen molar-refractivity contribution < 1.29 is 9.84 Å². The Kier molecular flexibility index (Phi) is 5.93. The van der Waals surface area contributed by atoms with Crippen LogP contribution in [0.4, 0.5) is 5.69 Å². The van der Waals surface area contributed by atoms with Crippen LogP contribution in [0.1, 0.15) is 32.4 Å². The maximum atomic E-state index is 9.49. The van der Waals surface area contributed by atoms with E-state index in [2.05, 4.69) is 4.90 Å². The molecule has 0 amide bonds. The predicted octanol–water partition coefficient (Wildman–Crippen LogP) is 3.25. The molecule has 102 valence electrons. The molecule has 3 nitrogen and oxygen atoms in total. The van der Waals surface area contributed by atoms with Gasteiger partial charge < -0.3 is 14.7 Å². The lowest BCUT2D eigenvalue weighted by Crippen LogP contribution is -2.24. The van der Waals surface area contributed by atoms with E-state index in [0.717, 1.165) is 17.8 Å². The van der Waals surface area contributed by atoms with Crippen molar-refractivity contribution >= 4 is 17.3 Å². The first-order valence-electron chi connectivity index (χ1n) is 6.22. The highest BCUT2D eigenvalue weighted by molar-refractivity contribution is 6.33. The van der Waals surface area contributed by atoms with Crippen LogP contribution < -0.4 is 4.90 Å². The molecular formula is C14H22ClNO2. The molecule has 0 saturated heterocycles. The fourth-order valence-electron chi connectivity index (χ4n) is 1.64. The summed E-state index contributed by atoms with van der Waals surface area (Å²) in [6.07, 6.45) is -0.252. The van der Waals surface area contributed by atoms with E-state index in [0.29, 0.717) is 11.6 Å². The fourth-order valence-corrected chi connectivity index (χ4v) is 1.97. The van der Waals surface area contributed by atoms with Gasteiger partial charge in [0, 0.05) is 13.6 Å². The highest BCUT2D eigenvalue weighted by atomic mass is 35.5. The molecule has 1 aromatic rings. The van der Waals surface area contributed by atoms with Gasteiger partial charge in [0.1, 0.15) is 0 Å². The minimum Gasteiger partial charge on any atom is -0.389 e. The maximum Gasteiger partial charge on any atom is 0.0762 e. The lowest BCUT2D eigenvalue weighted by atomic mass is 10.1. The minimum atomic E-state index is -0.494. The molecule has 4 heteroatoms. The number of aliphatic hydroxyl groups is 1. The summed E-state index contributed by atoms with van der Waals surface area (Å²) in [4.78, 5) is 2.05. The summed E-state index contributed by atoms with van der Waals surface area (Å²) in [5, 5.41) is 10.1. The summed E-state index contributed by atoms with van der Waals surface area (Å²) >= 11 is 6.22. The largest absolute Gasteiger partial charge is 0.389 e. The molecule has 1 aromatic carbocycles. The van der Waals surface area contributed by atoms with Gasteiger partial charge in [0.25, 0.3) is 0 Å². The molecule has 0 unspecified atom stereocenters. The van der Waals surface area contributed by atoms with E-state index in [4.69, 9.17) is 16.3 Å². The number of halogens is 1. The molecule has 0 radical (unpaired) electrons. The summed E-state index contributed by atoms with van der Waals surface area (Å²) in [6, 6.07) is 5.63. The van der Waals surface area contributed by atoms with E-state index in [1.807, 2.05) is 33.0 Å². The van der Waals surface area contributed by atoms with Crippen LogP contribution >= 0.6 is 11.6 Å². The smallest absolute Gasteiger partial charge is 0.0762 e. The number of aliphatic hydroxyl groups excluding tert-OH is 1. The normalized spacial score (nSPS) is 12.8. The van der Waals surface area contributed by atoms with Gasteiger partial charge in [0.2, 0.25) is 0 Å². The zero-order valence-corrected chi connectivity index (χ0v) is 12.2. The summed E-state index contributed by atoms with van der Waals surface area (Å²) in [5.41, 5.74) is 1.78. The minimum absolute atomic E-state index is 0.242. The number of hydrogen-bond donors (Lipinski definition) is 1. The molecule has 0 heterocycles. The number of hydrogen-bond acceptors (Lipinski definition) is 3. The quantitative estimate of drug-likeness (QED) is 0.862. The number of benzene rings is 1. The average Bonchev–Trinajstić information content (AvgIpc) is 2.27. The van der Waals surface area contributed by atoms with Gasteiger partial charge in [-0.3, -0.25) is 0 Å². The van der Waals surface area contributed by atoms with E-state index in [9.17, 15) is 5.11 Å². The highest BCUT2D eigenvalue weighted by Crippen LogP contribution is 2.28. The topological polar surface area (TPSA) is 32.7 Å².